The van der Waals surface area contributed by atoms with Crippen LogP contribution in [0.4, 0.5) is 13.2 Å². The maximum atomic E-state index is 12.8. The lowest BCUT2D eigenvalue weighted by Crippen LogP contribution is -2.51. The number of benzene rings is 1. The van der Waals surface area contributed by atoms with Gasteiger partial charge in [0.2, 0.25) is 5.91 Å². The van der Waals surface area contributed by atoms with Gasteiger partial charge in [-0.25, -0.2) is 4.98 Å². The van der Waals surface area contributed by atoms with E-state index >= 15 is 0 Å². The molecule has 27 heavy (non-hydrogen) atoms. The van der Waals surface area contributed by atoms with Crippen LogP contribution in [0.2, 0.25) is 0 Å². The Morgan fingerprint density at radius 1 is 1.37 bits per heavy atom. The van der Waals surface area contributed by atoms with Gasteiger partial charge in [0, 0.05) is 36.6 Å². The molecule has 1 atom stereocenters. The van der Waals surface area contributed by atoms with Crippen molar-refractivity contribution in [2.75, 3.05) is 19.6 Å². The molecule has 0 radical (unpaired) electrons. The maximum absolute atomic E-state index is 12.8. The van der Waals surface area contributed by atoms with Gasteiger partial charge in [-0.3, -0.25) is 4.79 Å². The molecule has 0 bridgehead atoms. The molecule has 2 heterocycles. The molecule has 1 aliphatic heterocycles. The van der Waals surface area contributed by atoms with Crippen molar-refractivity contribution in [3.63, 3.8) is 0 Å². The SMILES string of the molecule is CC1CN(C(=O)Cc2csc(-c3cccc(C(F)(F)F)c3)n2)CCN1.Cl.Cl. The van der Waals surface area contributed by atoms with Gasteiger partial charge < -0.3 is 10.2 Å². The highest BCUT2D eigenvalue weighted by Crippen LogP contribution is 2.33. The maximum Gasteiger partial charge on any atom is 0.416 e. The zero-order chi connectivity index (χ0) is 18.0. The number of hydrogen-bond donors (Lipinski definition) is 1. The Hall–Kier alpha value is -1.35. The number of halogens is 5. The van der Waals surface area contributed by atoms with Crippen LogP contribution in [0.15, 0.2) is 29.6 Å². The first-order valence-electron chi connectivity index (χ1n) is 7.96. The normalized spacial score (nSPS) is 17.0. The molecular formula is C17H20Cl2F3N3OS. The van der Waals surface area contributed by atoms with Crippen molar-refractivity contribution in [3.05, 3.63) is 40.9 Å². The number of alkyl halides is 3. The van der Waals surface area contributed by atoms with E-state index in [9.17, 15) is 18.0 Å². The average molecular weight is 442 g/mol. The molecule has 1 amide bonds. The van der Waals surface area contributed by atoms with Crippen molar-refractivity contribution in [2.24, 2.45) is 0 Å². The number of carbonyl (C=O) groups excluding carboxylic acids is 1. The molecule has 10 heteroatoms. The molecule has 0 saturated carbocycles. The lowest BCUT2D eigenvalue weighted by molar-refractivity contribution is -0.137. The number of nitrogens with one attached hydrogen (secondary N) is 1. The first kappa shape index (κ1) is 23.7. The van der Waals surface area contributed by atoms with Crippen molar-refractivity contribution in [1.82, 2.24) is 15.2 Å². The number of nitrogens with zero attached hydrogens (tertiary/aromatic N) is 2. The van der Waals surface area contributed by atoms with Gasteiger partial charge in [-0.2, -0.15) is 13.2 Å². The van der Waals surface area contributed by atoms with Crippen LogP contribution in [0.25, 0.3) is 10.6 Å². The Bertz CT molecular complexity index is 770. The molecule has 4 nitrogen and oxygen atoms in total. The summed E-state index contributed by atoms with van der Waals surface area (Å²) in [7, 11) is 0. The lowest BCUT2D eigenvalue weighted by Gasteiger charge is -2.31. The van der Waals surface area contributed by atoms with Crippen LogP contribution in [0.3, 0.4) is 0 Å². The second-order valence-corrected chi connectivity index (χ2v) is 6.95. The number of piperazine rings is 1. The Labute approximate surface area is 172 Å². The van der Waals surface area contributed by atoms with Gasteiger partial charge in [0.15, 0.2) is 0 Å². The van der Waals surface area contributed by atoms with Gasteiger partial charge in [0.25, 0.3) is 0 Å². The average Bonchev–Trinajstić information content (AvgIpc) is 3.03. The van der Waals surface area contributed by atoms with E-state index in [4.69, 9.17) is 0 Å². The van der Waals surface area contributed by atoms with Crippen molar-refractivity contribution in [1.29, 1.82) is 0 Å². The summed E-state index contributed by atoms with van der Waals surface area (Å²) in [4.78, 5) is 18.5. The highest BCUT2D eigenvalue weighted by Gasteiger charge is 2.30. The monoisotopic (exact) mass is 441 g/mol. The van der Waals surface area contributed by atoms with E-state index in [1.165, 1.54) is 17.4 Å². The molecule has 1 unspecified atom stereocenters. The van der Waals surface area contributed by atoms with Crippen molar-refractivity contribution in [2.45, 2.75) is 25.6 Å². The fourth-order valence-corrected chi connectivity index (χ4v) is 3.59. The van der Waals surface area contributed by atoms with E-state index < -0.39 is 11.7 Å². The molecule has 1 saturated heterocycles. The quantitative estimate of drug-likeness (QED) is 0.781. The fourth-order valence-electron chi connectivity index (χ4n) is 2.77. The van der Waals surface area contributed by atoms with E-state index in [0.29, 0.717) is 29.4 Å². The number of carbonyl (C=O) groups is 1. The fraction of sp³-hybridized carbons (Fsp3) is 0.412. The summed E-state index contributed by atoms with van der Waals surface area (Å²) in [5, 5.41) is 5.50. The molecule has 1 N–H and O–H groups in total. The minimum Gasteiger partial charge on any atom is -0.340 e. The van der Waals surface area contributed by atoms with Gasteiger partial charge in [-0.05, 0) is 19.1 Å². The Balaban J connectivity index is 0.00000182. The standard InChI is InChI=1S/C17H18F3N3OS.2ClH/c1-11-9-23(6-5-21-11)15(24)8-14-10-25-16(22-14)12-3-2-4-13(7-12)17(18,19)20;;/h2-4,7,10-11,21H,5-6,8-9H2,1H3;2*1H. The van der Waals surface area contributed by atoms with Crippen molar-refractivity contribution in [3.8, 4) is 10.6 Å². The van der Waals surface area contributed by atoms with Crippen molar-refractivity contribution < 1.29 is 18.0 Å². The molecule has 3 rings (SSSR count). The largest absolute Gasteiger partial charge is 0.416 e. The number of aromatic nitrogens is 1. The van der Waals surface area contributed by atoms with Gasteiger partial charge in [0.1, 0.15) is 5.01 Å². The minimum absolute atomic E-state index is 0. The van der Waals surface area contributed by atoms with E-state index in [1.807, 2.05) is 6.92 Å². The van der Waals surface area contributed by atoms with Gasteiger partial charge in [0.05, 0.1) is 17.7 Å². The highest BCUT2D eigenvalue weighted by molar-refractivity contribution is 7.13. The van der Waals surface area contributed by atoms with E-state index in [-0.39, 0.29) is 43.2 Å². The smallest absolute Gasteiger partial charge is 0.340 e. The minimum atomic E-state index is -4.38. The Morgan fingerprint density at radius 3 is 2.78 bits per heavy atom. The number of thiazole rings is 1. The summed E-state index contributed by atoms with van der Waals surface area (Å²) < 4.78 is 38.5. The molecule has 1 aromatic carbocycles. The van der Waals surface area contributed by atoms with Gasteiger partial charge >= 0.3 is 6.18 Å². The van der Waals surface area contributed by atoms with Crippen LogP contribution in [-0.4, -0.2) is 41.5 Å². The van der Waals surface area contributed by atoms with Crippen LogP contribution < -0.4 is 5.32 Å². The molecule has 1 fully saturated rings. The molecule has 0 aliphatic carbocycles. The molecule has 0 spiro atoms. The first-order chi connectivity index (χ1) is 11.8. The lowest BCUT2D eigenvalue weighted by atomic mass is 10.1. The third kappa shape index (κ3) is 6.07. The summed E-state index contributed by atoms with van der Waals surface area (Å²) in [5.41, 5.74) is 0.301. The zero-order valence-corrected chi connectivity index (χ0v) is 16.9. The topological polar surface area (TPSA) is 45.2 Å². The third-order valence-corrected chi connectivity index (χ3v) is 4.98. The number of rotatable bonds is 3. The summed E-state index contributed by atoms with van der Waals surface area (Å²) in [6.07, 6.45) is -4.22. The molecule has 1 aliphatic rings. The van der Waals surface area contributed by atoms with Crippen LogP contribution in [0, 0.1) is 0 Å². The van der Waals surface area contributed by atoms with Crippen molar-refractivity contribution >= 4 is 42.1 Å². The predicted molar refractivity (Wildman–Crippen MR) is 105 cm³/mol. The van der Waals surface area contributed by atoms with E-state index in [2.05, 4.69) is 10.3 Å². The number of amides is 1. The van der Waals surface area contributed by atoms with Gasteiger partial charge in [-0.1, -0.05) is 12.1 Å². The van der Waals surface area contributed by atoms with Crippen LogP contribution in [0.1, 0.15) is 18.2 Å². The summed E-state index contributed by atoms with van der Waals surface area (Å²) >= 11 is 1.25. The summed E-state index contributed by atoms with van der Waals surface area (Å²) in [5.74, 6) is -0.00533. The highest BCUT2D eigenvalue weighted by atomic mass is 35.5. The second kappa shape index (κ2) is 9.73. The van der Waals surface area contributed by atoms with E-state index in [0.717, 1.165) is 18.7 Å². The predicted octanol–water partition coefficient (Wildman–Crippen LogP) is 4.04. The van der Waals surface area contributed by atoms with Crippen LogP contribution in [0.5, 0.6) is 0 Å². The molecular weight excluding hydrogens is 422 g/mol. The van der Waals surface area contributed by atoms with E-state index in [1.54, 1.807) is 16.3 Å². The zero-order valence-electron chi connectivity index (χ0n) is 14.5. The third-order valence-electron chi connectivity index (χ3n) is 4.04. The molecule has 150 valence electrons. The first-order valence-corrected chi connectivity index (χ1v) is 8.84. The second-order valence-electron chi connectivity index (χ2n) is 6.09. The van der Waals surface area contributed by atoms with Crippen LogP contribution in [-0.2, 0) is 17.4 Å². The van der Waals surface area contributed by atoms with Crippen LogP contribution >= 0.6 is 36.2 Å². The van der Waals surface area contributed by atoms with Gasteiger partial charge in [-0.15, -0.1) is 36.2 Å². The number of hydrogen-bond acceptors (Lipinski definition) is 4. The molecule has 2 aromatic rings. The molecule has 1 aromatic heterocycles. The summed E-state index contributed by atoms with van der Waals surface area (Å²) in [6.45, 7) is 4.10. The summed E-state index contributed by atoms with van der Waals surface area (Å²) in [6, 6.07) is 5.34. The Morgan fingerprint density at radius 2 is 2.11 bits per heavy atom. The Kier molecular flexibility index (Phi) is 8.53.